The lowest BCUT2D eigenvalue weighted by Crippen LogP contribution is -2.36. The van der Waals surface area contributed by atoms with Gasteiger partial charge in [-0.25, -0.2) is 18.4 Å². The van der Waals surface area contributed by atoms with Gasteiger partial charge >= 0.3 is 0 Å². The van der Waals surface area contributed by atoms with Crippen molar-refractivity contribution in [2.75, 3.05) is 31.1 Å². The van der Waals surface area contributed by atoms with Gasteiger partial charge in [-0.2, -0.15) is 4.31 Å². The van der Waals surface area contributed by atoms with Gasteiger partial charge in [-0.3, -0.25) is 0 Å². The summed E-state index contributed by atoms with van der Waals surface area (Å²) in [6.45, 7) is 5.98. The summed E-state index contributed by atoms with van der Waals surface area (Å²) in [6.07, 6.45) is 2.21. The minimum absolute atomic E-state index is 0.0473. The summed E-state index contributed by atoms with van der Waals surface area (Å²) in [4.78, 5) is 11.8. The molecule has 1 fully saturated rings. The van der Waals surface area contributed by atoms with E-state index in [1.165, 1.54) is 22.0 Å². The fraction of sp³-hybridized carbons (Fsp3) is 0.360. The van der Waals surface area contributed by atoms with Crippen molar-refractivity contribution in [2.45, 2.75) is 38.0 Å². The molecule has 2 aromatic carbocycles. The fourth-order valence-electron chi connectivity index (χ4n) is 4.33. The maximum Gasteiger partial charge on any atom is 0.244 e. The number of rotatable bonds is 6. The van der Waals surface area contributed by atoms with Crippen LogP contribution in [0.15, 0.2) is 53.4 Å². The molecule has 34 heavy (non-hydrogen) atoms. The van der Waals surface area contributed by atoms with E-state index in [9.17, 15) is 8.42 Å². The van der Waals surface area contributed by atoms with Crippen molar-refractivity contribution in [2.24, 2.45) is 0 Å². The van der Waals surface area contributed by atoms with Crippen LogP contribution in [0.5, 0.6) is 0 Å². The molecule has 0 bridgehead atoms. The lowest BCUT2D eigenvalue weighted by Gasteiger charge is -2.26. The molecule has 1 aliphatic heterocycles. The van der Waals surface area contributed by atoms with Crippen molar-refractivity contribution < 1.29 is 8.42 Å². The fourth-order valence-corrected chi connectivity index (χ4v) is 6.54. The Bertz CT molecular complexity index is 1270. The average molecular weight is 519 g/mol. The van der Waals surface area contributed by atoms with E-state index in [0.717, 1.165) is 35.7 Å². The molecule has 9 heteroatoms. The summed E-state index contributed by atoms with van der Waals surface area (Å²) < 4.78 is 28.2. The molecule has 0 spiro atoms. The zero-order chi connectivity index (χ0) is 24.3. The molecule has 0 N–H and O–H groups in total. The van der Waals surface area contributed by atoms with E-state index >= 15 is 0 Å². The maximum atomic E-state index is 13.4. The zero-order valence-electron chi connectivity index (χ0n) is 19.3. The quantitative estimate of drug-likeness (QED) is 0.451. The van der Waals surface area contributed by atoms with Gasteiger partial charge < -0.3 is 4.90 Å². The smallest absolute Gasteiger partial charge is 0.244 e. The Morgan fingerprint density at radius 2 is 1.74 bits per heavy atom. The van der Waals surface area contributed by atoms with E-state index in [2.05, 4.69) is 24.0 Å². The van der Waals surface area contributed by atoms with Crippen molar-refractivity contribution in [1.82, 2.24) is 14.3 Å². The number of hydrogen-bond donors (Lipinski definition) is 0. The lowest BCUT2D eigenvalue weighted by atomic mass is 10.0. The first kappa shape index (κ1) is 24.9. The summed E-state index contributed by atoms with van der Waals surface area (Å²) in [5.74, 6) is 1.62. The van der Waals surface area contributed by atoms with Gasteiger partial charge in [-0.1, -0.05) is 60.5 Å². The van der Waals surface area contributed by atoms with Gasteiger partial charge in [0.05, 0.1) is 5.02 Å². The Labute approximate surface area is 211 Å². The molecule has 1 aliphatic rings. The number of hydrogen-bond acceptors (Lipinski definition) is 5. The summed E-state index contributed by atoms with van der Waals surface area (Å²) in [7, 11) is -3.77. The van der Waals surface area contributed by atoms with Crippen LogP contribution in [-0.2, 0) is 22.9 Å². The molecule has 1 aromatic heterocycles. The number of halogens is 2. The van der Waals surface area contributed by atoms with Crippen LogP contribution in [0.3, 0.4) is 0 Å². The largest absolute Gasteiger partial charge is 0.355 e. The predicted molar refractivity (Wildman–Crippen MR) is 137 cm³/mol. The Morgan fingerprint density at radius 1 is 0.971 bits per heavy atom. The second kappa shape index (κ2) is 10.6. The van der Waals surface area contributed by atoms with Gasteiger partial charge in [0.2, 0.25) is 10.0 Å². The number of aryl methyl sites for hydroxylation is 2. The topological polar surface area (TPSA) is 66.4 Å². The van der Waals surface area contributed by atoms with Crippen LogP contribution >= 0.6 is 23.2 Å². The molecule has 0 unspecified atom stereocenters. The van der Waals surface area contributed by atoms with E-state index in [4.69, 9.17) is 33.2 Å². The summed E-state index contributed by atoms with van der Waals surface area (Å²) in [6, 6.07) is 14.8. The third-order valence-corrected chi connectivity index (χ3v) is 8.62. The Morgan fingerprint density at radius 3 is 2.47 bits per heavy atom. The molecule has 1 saturated heterocycles. The van der Waals surface area contributed by atoms with Gasteiger partial charge in [0.15, 0.2) is 0 Å². The number of benzene rings is 2. The van der Waals surface area contributed by atoms with E-state index < -0.39 is 10.0 Å². The monoisotopic (exact) mass is 518 g/mol. The average Bonchev–Trinajstić information content (AvgIpc) is 3.09. The molecule has 4 rings (SSSR count). The van der Waals surface area contributed by atoms with Gasteiger partial charge in [0.1, 0.15) is 16.5 Å². The van der Waals surface area contributed by atoms with Crippen LogP contribution in [-0.4, -0.2) is 48.9 Å². The maximum absolute atomic E-state index is 13.4. The van der Waals surface area contributed by atoms with E-state index in [-0.39, 0.29) is 9.92 Å². The zero-order valence-corrected chi connectivity index (χ0v) is 21.7. The SMILES string of the molecule is CCc1nc(C)nc(N2CCCN(S(=O)(=O)c3cc(Cl)ccc3Cl)CC2)c1Cc1ccccc1. The summed E-state index contributed by atoms with van der Waals surface area (Å²) >= 11 is 12.3. The van der Waals surface area contributed by atoms with Crippen LogP contribution in [0.1, 0.15) is 36.0 Å². The molecular weight excluding hydrogens is 491 g/mol. The minimum atomic E-state index is -3.77. The Kier molecular flexibility index (Phi) is 7.77. The number of aromatic nitrogens is 2. The number of nitrogens with zero attached hydrogens (tertiary/aromatic N) is 4. The van der Waals surface area contributed by atoms with Crippen LogP contribution < -0.4 is 4.90 Å². The molecule has 0 atom stereocenters. The van der Waals surface area contributed by atoms with Crippen molar-refractivity contribution in [3.63, 3.8) is 0 Å². The first-order valence-corrected chi connectivity index (χ1v) is 13.6. The van der Waals surface area contributed by atoms with Crippen molar-refractivity contribution in [1.29, 1.82) is 0 Å². The van der Waals surface area contributed by atoms with Gasteiger partial charge in [-0.15, -0.1) is 0 Å². The molecule has 2 heterocycles. The van der Waals surface area contributed by atoms with Crippen LogP contribution in [0, 0.1) is 6.92 Å². The third-order valence-electron chi connectivity index (χ3n) is 6.01. The molecule has 180 valence electrons. The second-order valence-electron chi connectivity index (χ2n) is 8.36. The van der Waals surface area contributed by atoms with Gasteiger partial charge in [-0.05, 0) is 43.5 Å². The minimum Gasteiger partial charge on any atom is -0.355 e. The molecule has 6 nitrogen and oxygen atoms in total. The molecule has 0 saturated carbocycles. The summed E-state index contributed by atoms with van der Waals surface area (Å²) in [5.41, 5.74) is 3.33. The van der Waals surface area contributed by atoms with E-state index in [1.807, 2.05) is 25.1 Å². The highest BCUT2D eigenvalue weighted by Gasteiger charge is 2.30. The standard InChI is InChI=1S/C25H28Cl2N4O2S/c1-3-23-21(16-19-8-5-4-6-9-19)25(29-18(2)28-23)30-12-7-13-31(15-14-30)34(32,33)24-17-20(26)10-11-22(24)27/h4-6,8-11,17H,3,7,12-16H2,1-2H3. The number of anilines is 1. The number of sulfonamides is 1. The van der Waals surface area contributed by atoms with Crippen LogP contribution in [0.4, 0.5) is 5.82 Å². The first-order chi connectivity index (χ1) is 16.3. The molecule has 0 aliphatic carbocycles. The molecule has 3 aromatic rings. The third kappa shape index (κ3) is 5.38. The van der Waals surface area contributed by atoms with Gasteiger partial charge in [0.25, 0.3) is 0 Å². The molecule has 0 radical (unpaired) electrons. The van der Waals surface area contributed by atoms with Crippen molar-refractivity contribution >= 4 is 39.0 Å². The molecular formula is C25H28Cl2N4O2S. The van der Waals surface area contributed by atoms with Crippen molar-refractivity contribution in [3.8, 4) is 0 Å². The van der Waals surface area contributed by atoms with E-state index in [1.54, 1.807) is 6.07 Å². The lowest BCUT2D eigenvalue weighted by molar-refractivity contribution is 0.433. The highest BCUT2D eigenvalue weighted by atomic mass is 35.5. The Hall–Kier alpha value is -2.19. The van der Waals surface area contributed by atoms with Crippen LogP contribution in [0.25, 0.3) is 0 Å². The second-order valence-corrected chi connectivity index (χ2v) is 11.1. The summed E-state index contributed by atoms with van der Waals surface area (Å²) in [5, 5.41) is 0.517. The Balaban J connectivity index is 1.63. The van der Waals surface area contributed by atoms with Crippen molar-refractivity contribution in [3.05, 3.63) is 81.2 Å². The predicted octanol–water partition coefficient (Wildman–Crippen LogP) is 5.15. The first-order valence-electron chi connectivity index (χ1n) is 11.4. The van der Waals surface area contributed by atoms with Crippen LogP contribution in [0.2, 0.25) is 10.0 Å². The van der Waals surface area contributed by atoms with E-state index in [0.29, 0.717) is 37.6 Å². The molecule has 0 amide bonds. The normalized spacial score (nSPS) is 15.4. The highest BCUT2D eigenvalue weighted by molar-refractivity contribution is 7.89. The highest BCUT2D eigenvalue weighted by Crippen LogP contribution is 2.30. The van der Waals surface area contributed by atoms with Gasteiger partial charge in [0, 0.05) is 48.9 Å².